The van der Waals surface area contributed by atoms with Crippen LogP contribution in [-0.2, 0) is 0 Å². The lowest BCUT2D eigenvalue weighted by Crippen LogP contribution is -2.20. The van der Waals surface area contributed by atoms with Gasteiger partial charge in [-0.25, -0.2) is 4.79 Å². The average Bonchev–Trinajstić information content (AvgIpc) is 2.99. The Hall–Kier alpha value is -3.09. The van der Waals surface area contributed by atoms with Crippen LogP contribution in [0.3, 0.4) is 0 Å². The van der Waals surface area contributed by atoms with E-state index in [0.29, 0.717) is 17.0 Å². The Morgan fingerprint density at radius 1 is 1.23 bits per heavy atom. The Labute approximate surface area is 126 Å². The Morgan fingerprint density at radius 3 is 2.82 bits per heavy atom. The van der Waals surface area contributed by atoms with Gasteiger partial charge in [0, 0.05) is 11.9 Å². The molecule has 112 valence electrons. The summed E-state index contributed by atoms with van der Waals surface area (Å²) in [6, 6.07) is 8.68. The quantitative estimate of drug-likeness (QED) is 0.779. The molecule has 0 aliphatic heterocycles. The fraction of sp³-hybridized carbons (Fsp3) is 0.133. The summed E-state index contributed by atoms with van der Waals surface area (Å²) in [5, 5.41) is 13.4. The monoisotopic (exact) mass is 297 g/mol. The number of anilines is 2. The van der Waals surface area contributed by atoms with Crippen molar-refractivity contribution in [3.05, 3.63) is 48.4 Å². The van der Waals surface area contributed by atoms with Gasteiger partial charge in [-0.2, -0.15) is 0 Å². The van der Waals surface area contributed by atoms with Gasteiger partial charge < -0.3 is 15.4 Å². The first kappa shape index (κ1) is 13.9. The SMILES string of the molecule is COc1ccc(NC(=O)Nc2cccn3cnnc23)c(C)c1. The molecule has 0 saturated carbocycles. The van der Waals surface area contributed by atoms with E-state index in [-0.39, 0.29) is 6.03 Å². The number of hydrogen-bond donors (Lipinski definition) is 2. The van der Waals surface area contributed by atoms with Crippen LogP contribution in [-0.4, -0.2) is 27.7 Å². The zero-order valence-electron chi connectivity index (χ0n) is 12.2. The van der Waals surface area contributed by atoms with Gasteiger partial charge in [-0.15, -0.1) is 10.2 Å². The Bertz CT molecular complexity index is 828. The minimum atomic E-state index is -0.343. The number of nitrogens with one attached hydrogen (secondary N) is 2. The van der Waals surface area contributed by atoms with E-state index in [2.05, 4.69) is 20.8 Å². The lowest BCUT2D eigenvalue weighted by Gasteiger charge is -2.11. The molecule has 0 spiro atoms. The molecule has 0 atom stereocenters. The van der Waals surface area contributed by atoms with Crippen molar-refractivity contribution < 1.29 is 9.53 Å². The number of nitrogens with zero attached hydrogens (tertiary/aromatic N) is 3. The van der Waals surface area contributed by atoms with Crippen LogP contribution in [0.15, 0.2) is 42.9 Å². The molecule has 0 unspecified atom stereocenters. The number of fused-ring (bicyclic) bond motifs is 1. The van der Waals surface area contributed by atoms with E-state index >= 15 is 0 Å². The zero-order chi connectivity index (χ0) is 15.5. The van der Waals surface area contributed by atoms with E-state index in [0.717, 1.165) is 11.3 Å². The van der Waals surface area contributed by atoms with Crippen molar-refractivity contribution in [3.8, 4) is 5.75 Å². The number of ether oxygens (including phenoxy) is 1. The minimum absolute atomic E-state index is 0.343. The first-order chi connectivity index (χ1) is 10.7. The maximum atomic E-state index is 12.1. The van der Waals surface area contributed by atoms with E-state index in [9.17, 15) is 4.79 Å². The lowest BCUT2D eigenvalue weighted by atomic mass is 10.2. The molecule has 0 bridgehead atoms. The van der Waals surface area contributed by atoms with Gasteiger partial charge in [0.25, 0.3) is 0 Å². The molecule has 3 aromatic rings. The summed E-state index contributed by atoms with van der Waals surface area (Å²) in [5.41, 5.74) is 2.80. The van der Waals surface area contributed by atoms with Crippen LogP contribution in [0.4, 0.5) is 16.2 Å². The number of carbonyl (C=O) groups excluding carboxylic acids is 1. The molecule has 3 rings (SSSR count). The number of urea groups is 1. The molecule has 0 fully saturated rings. The van der Waals surface area contributed by atoms with Crippen molar-refractivity contribution in [1.29, 1.82) is 0 Å². The second-order valence-corrected chi connectivity index (χ2v) is 4.74. The van der Waals surface area contributed by atoms with Crippen molar-refractivity contribution in [3.63, 3.8) is 0 Å². The Kier molecular flexibility index (Phi) is 3.61. The predicted octanol–water partition coefficient (Wildman–Crippen LogP) is 2.69. The number of benzene rings is 1. The highest BCUT2D eigenvalue weighted by atomic mass is 16.5. The number of amides is 2. The fourth-order valence-corrected chi connectivity index (χ4v) is 2.13. The molecule has 7 nitrogen and oxygen atoms in total. The highest BCUT2D eigenvalue weighted by molar-refractivity contribution is 6.02. The number of aromatic nitrogens is 3. The highest BCUT2D eigenvalue weighted by Gasteiger charge is 2.09. The number of pyridine rings is 1. The van der Waals surface area contributed by atoms with Crippen molar-refractivity contribution in [2.45, 2.75) is 6.92 Å². The largest absolute Gasteiger partial charge is 0.497 e. The molecule has 2 aromatic heterocycles. The van der Waals surface area contributed by atoms with Crippen LogP contribution in [0.5, 0.6) is 5.75 Å². The highest BCUT2D eigenvalue weighted by Crippen LogP contribution is 2.21. The summed E-state index contributed by atoms with van der Waals surface area (Å²) in [6.07, 6.45) is 3.39. The second kappa shape index (κ2) is 5.72. The maximum absolute atomic E-state index is 12.1. The summed E-state index contributed by atoms with van der Waals surface area (Å²) >= 11 is 0. The number of hydrogen-bond acceptors (Lipinski definition) is 4. The zero-order valence-corrected chi connectivity index (χ0v) is 12.2. The van der Waals surface area contributed by atoms with Crippen molar-refractivity contribution >= 4 is 23.1 Å². The van der Waals surface area contributed by atoms with Crippen molar-refractivity contribution in [2.75, 3.05) is 17.7 Å². The van der Waals surface area contributed by atoms with Gasteiger partial charge in [-0.05, 0) is 42.8 Å². The van der Waals surface area contributed by atoms with Gasteiger partial charge >= 0.3 is 6.03 Å². The first-order valence-electron chi connectivity index (χ1n) is 6.68. The lowest BCUT2D eigenvalue weighted by molar-refractivity contribution is 0.262. The molecular weight excluding hydrogens is 282 g/mol. The molecule has 0 aliphatic carbocycles. The maximum Gasteiger partial charge on any atom is 0.323 e. The normalized spacial score (nSPS) is 10.5. The second-order valence-electron chi connectivity index (χ2n) is 4.74. The summed E-state index contributed by atoms with van der Waals surface area (Å²) in [5.74, 6) is 0.747. The van der Waals surface area contributed by atoms with E-state index in [1.807, 2.05) is 25.3 Å². The first-order valence-corrected chi connectivity index (χ1v) is 6.68. The van der Waals surface area contributed by atoms with Gasteiger partial charge in [0.2, 0.25) is 0 Å². The third-order valence-corrected chi connectivity index (χ3v) is 3.25. The number of methoxy groups -OCH3 is 1. The average molecular weight is 297 g/mol. The van der Waals surface area contributed by atoms with Crippen LogP contribution in [0.25, 0.3) is 5.65 Å². The molecule has 0 aliphatic rings. The molecule has 1 aromatic carbocycles. The molecule has 0 saturated heterocycles. The summed E-state index contributed by atoms with van der Waals surface area (Å²) < 4.78 is 6.87. The molecule has 2 amide bonds. The number of aryl methyl sites for hydroxylation is 1. The smallest absolute Gasteiger partial charge is 0.323 e. The molecule has 22 heavy (non-hydrogen) atoms. The van der Waals surface area contributed by atoms with Gasteiger partial charge in [-0.1, -0.05) is 0 Å². The Balaban J connectivity index is 1.76. The van der Waals surface area contributed by atoms with Gasteiger partial charge in [0.15, 0.2) is 5.65 Å². The summed E-state index contributed by atoms with van der Waals surface area (Å²) in [4.78, 5) is 12.1. The number of rotatable bonds is 3. The van der Waals surface area contributed by atoms with Crippen molar-refractivity contribution in [2.24, 2.45) is 0 Å². The van der Waals surface area contributed by atoms with Gasteiger partial charge in [-0.3, -0.25) is 4.40 Å². The third kappa shape index (κ3) is 2.69. The molecule has 2 heterocycles. The molecule has 7 heteroatoms. The van der Waals surface area contributed by atoms with E-state index in [4.69, 9.17) is 4.74 Å². The van der Waals surface area contributed by atoms with Crippen LogP contribution in [0, 0.1) is 6.92 Å². The van der Waals surface area contributed by atoms with Crippen LogP contribution < -0.4 is 15.4 Å². The topological polar surface area (TPSA) is 80.5 Å². The van der Waals surface area contributed by atoms with Crippen LogP contribution >= 0.6 is 0 Å². The Morgan fingerprint density at radius 2 is 2.05 bits per heavy atom. The molecule has 2 N–H and O–H groups in total. The standard InChI is InChI=1S/C15H15N5O2/c1-10-8-11(22-2)5-6-12(10)17-15(21)18-13-4-3-7-20-9-16-19-14(13)20/h3-9H,1-2H3,(H2,17,18,21). The minimum Gasteiger partial charge on any atom is -0.497 e. The molecular formula is C15H15N5O2. The van der Waals surface area contributed by atoms with Crippen molar-refractivity contribution in [1.82, 2.24) is 14.6 Å². The number of carbonyl (C=O) groups is 1. The predicted molar refractivity (Wildman–Crippen MR) is 83.4 cm³/mol. The van der Waals surface area contributed by atoms with Crippen LogP contribution in [0.1, 0.15) is 5.56 Å². The van der Waals surface area contributed by atoms with Gasteiger partial charge in [0.05, 0.1) is 12.8 Å². The fourth-order valence-electron chi connectivity index (χ4n) is 2.13. The van der Waals surface area contributed by atoms with E-state index in [1.54, 1.807) is 36.0 Å². The third-order valence-electron chi connectivity index (χ3n) is 3.25. The van der Waals surface area contributed by atoms with E-state index < -0.39 is 0 Å². The summed E-state index contributed by atoms with van der Waals surface area (Å²) in [6.45, 7) is 1.90. The van der Waals surface area contributed by atoms with Crippen LogP contribution in [0.2, 0.25) is 0 Å². The molecule has 0 radical (unpaired) electrons. The summed E-state index contributed by atoms with van der Waals surface area (Å²) in [7, 11) is 1.60. The van der Waals surface area contributed by atoms with E-state index in [1.165, 1.54) is 0 Å². The van der Waals surface area contributed by atoms with Gasteiger partial charge in [0.1, 0.15) is 12.1 Å².